The molecule has 4 nitrogen and oxygen atoms in total. The third-order valence-electron chi connectivity index (χ3n) is 11.7. The normalized spacial score (nSPS) is 46.6. The third kappa shape index (κ3) is 2.73. The number of carbonyl (C=O) groups excluding carboxylic acids is 2. The van der Waals surface area contributed by atoms with Gasteiger partial charge in [-0.25, -0.2) is 0 Å². The number of hydrogen-bond donors (Lipinski definition) is 0. The van der Waals surface area contributed by atoms with Crippen LogP contribution < -0.4 is 0 Å². The zero-order valence-electron chi connectivity index (χ0n) is 21.2. The van der Waals surface area contributed by atoms with Crippen molar-refractivity contribution in [2.24, 2.45) is 33.0 Å². The van der Waals surface area contributed by atoms with Crippen LogP contribution in [0.15, 0.2) is 30.6 Å². The number of hydrogen-bond acceptors (Lipinski definition) is 4. The van der Waals surface area contributed by atoms with Gasteiger partial charge in [-0.05, 0) is 83.3 Å². The van der Waals surface area contributed by atoms with Crippen LogP contribution in [0.5, 0.6) is 0 Å². The molecule has 0 N–H and O–H groups in total. The number of rotatable bonds is 2. The average molecular weight is 450 g/mol. The highest BCUT2D eigenvalue weighted by molar-refractivity contribution is 5.88. The standard InChI is InChI=1S/C29H39NO3/c1-19(31)33-21-9-12-29(6)27(4)14-13-25(2)22(20-8-7-15-30-18-20)10-11-26(25,3)23(27)16-24(32)28(29,5)17-21/h7-8,10,15,18,21,23H,9,11-14,16-17H2,1-6H3/t21-,23?,25+,26-,27-,28+,29+/m0/s1. The predicted octanol–water partition coefficient (Wildman–Crippen LogP) is 6.40. The zero-order valence-corrected chi connectivity index (χ0v) is 21.2. The molecule has 4 aliphatic carbocycles. The number of aromatic nitrogens is 1. The number of Topliss-reactive ketones (excluding diaryl/α,β-unsaturated/α-hetero) is 1. The molecule has 0 aromatic carbocycles. The van der Waals surface area contributed by atoms with Gasteiger partial charge in [-0.2, -0.15) is 0 Å². The molecular formula is C29H39NO3. The first-order valence-corrected chi connectivity index (χ1v) is 12.7. The SMILES string of the molecule is CC(=O)O[C@H]1CC[C@]2(C)[C@@]3(C)CC[C@]4(C)C(c5cccnc5)=CC[C@@]4(C)C3CC(=O)[C@@]2(C)C1. The summed E-state index contributed by atoms with van der Waals surface area (Å²) >= 11 is 0. The number of carbonyl (C=O) groups is 2. The number of ketones is 1. The van der Waals surface area contributed by atoms with Gasteiger partial charge >= 0.3 is 5.97 Å². The van der Waals surface area contributed by atoms with Crippen molar-refractivity contribution < 1.29 is 14.3 Å². The Morgan fingerprint density at radius 3 is 2.48 bits per heavy atom. The van der Waals surface area contributed by atoms with Crippen LogP contribution in [0, 0.1) is 33.0 Å². The number of esters is 1. The fourth-order valence-corrected chi connectivity index (χ4v) is 9.07. The van der Waals surface area contributed by atoms with Crippen LogP contribution in [0.4, 0.5) is 0 Å². The summed E-state index contributed by atoms with van der Waals surface area (Å²) in [6.45, 7) is 13.4. The van der Waals surface area contributed by atoms with Crippen LogP contribution in [0.25, 0.3) is 5.57 Å². The van der Waals surface area contributed by atoms with Gasteiger partial charge in [0.2, 0.25) is 0 Å². The van der Waals surface area contributed by atoms with E-state index in [1.165, 1.54) is 18.1 Å². The lowest BCUT2D eigenvalue weighted by atomic mass is 9.32. The van der Waals surface area contributed by atoms with Crippen LogP contribution >= 0.6 is 0 Å². The fraction of sp³-hybridized carbons (Fsp3) is 0.690. The van der Waals surface area contributed by atoms with Crippen LogP contribution in [-0.2, 0) is 14.3 Å². The van der Waals surface area contributed by atoms with Gasteiger partial charge in [-0.3, -0.25) is 14.6 Å². The molecule has 1 unspecified atom stereocenters. The molecule has 1 heterocycles. The molecule has 178 valence electrons. The van der Waals surface area contributed by atoms with Gasteiger partial charge in [-0.1, -0.05) is 46.8 Å². The predicted molar refractivity (Wildman–Crippen MR) is 129 cm³/mol. The van der Waals surface area contributed by atoms with E-state index in [0.29, 0.717) is 24.5 Å². The zero-order chi connectivity index (χ0) is 23.9. The average Bonchev–Trinajstić information content (AvgIpc) is 3.04. The molecule has 0 amide bonds. The molecular weight excluding hydrogens is 410 g/mol. The van der Waals surface area contributed by atoms with E-state index >= 15 is 0 Å². The van der Waals surface area contributed by atoms with E-state index < -0.39 is 5.41 Å². The first-order chi connectivity index (χ1) is 15.4. The molecule has 3 saturated carbocycles. The molecule has 0 radical (unpaired) electrons. The minimum Gasteiger partial charge on any atom is -0.463 e. The Kier molecular flexibility index (Phi) is 4.85. The first-order valence-electron chi connectivity index (χ1n) is 12.7. The molecule has 0 saturated heterocycles. The number of nitrogens with zero attached hydrogens (tertiary/aromatic N) is 1. The molecule has 4 aliphatic rings. The van der Waals surface area contributed by atoms with Gasteiger partial charge in [0.05, 0.1) is 0 Å². The summed E-state index contributed by atoms with van der Waals surface area (Å²) in [6, 6.07) is 4.21. The number of ether oxygens (including phenoxy) is 1. The molecule has 0 aliphatic heterocycles. The maximum Gasteiger partial charge on any atom is 0.302 e. The van der Waals surface area contributed by atoms with E-state index in [1.807, 2.05) is 18.5 Å². The van der Waals surface area contributed by atoms with Crippen molar-refractivity contribution in [3.8, 4) is 0 Å². The molecule has 0 bridgehead atoms. The van der Waals surface area contributed by atoms with E-state index in [1.54, 1.807) is 0 Å². The molecule has 4 heteroatoms. The largest absolute Gasteiger partial charge is 0.463 e. The Bertz CT molecular complexity index is 1030. The number of allylic oxidation sites excluding steroid dienone is 2. The van der Waals surface area contributed by atoms with E-state index in [0.717, 1.165) is 32.1 Å². The van der Waals surface area contributed by atoms with Gasteiger partial charge in [-0.15, -0.1) is 0 Å². The van der Waals surface area contributed by atoms with Crippen molar-refractivity contribution in [1.82, 2.24) is 4.98 Å². The van der Waals surface area contributed by atoms with Crippen LogP contribution in [0.2, 0.25) is 0 Å². The molecule has 3 fully saturated rings. The van der Waals surface area contributed by atoms with E-state index in [9.17, 15) is 9.59 Å². The Morgan fingerprint density at radius 1 is 1.06 bits per heavy atom. The summed E-state index contributed by atoms with van der Waals surface area (Å²) < 4.78 is 5.63. The first kappa shape index (κ1) is 22.8. The van der Waals surface area contributed by atoms with Gasteiger partial charge in [0, 0.05) is 31.2 Å². The number of fused-ring (bicyclic) bond motifs is 5. The highest BCUT2D eigenvalue weighted by atomic mass is 16.5. The number of pyridine rings is 1. The maximum absolute atomic E-state index is 14.0. The molecule has 1 aromatic heterocycles. The highest BCUT2D eigenvalue weighted by Gasteiger charge is 2.73. The fourth-order valence-electron chi connectivity index (χ4n) is 9.07. The molecule has 1 aromatic rings. The second-order valence-electron chi connectivity index (χ2n) is 12.5. The van der Waals surface area contributed by atoms with Gasteiger partial charge < -0.3 is 4.74 Å². The second-order valence-corrected chi connectivity index (χ2v) is 12.5. The lowest BCUT2D eigenvalue weighted by Gasteiger charge is -2.71. The van der Waals surface area contributed by atoms with E-state index in [2.05, 4.69) is 51.7 Å². The lowest BCUT2D eigenvalue weighted by Crippen LogP contribution is -2.68. The summed E-state index contributed by atoms with van der Waals surface area (Å²) in [5, 5.41) is 0. The second kappa shape index (κ2) is 7.02. The van der Waals surface area contributed by atoms with Gasteiger partial charge in [0.25, 0.3) is 0 Å². The van der Waals surface area contributed by atoms with Crippen molar-refractivity contribution >= 4 is 17.3 Å². The monoisotopic (exact) mass is 449 g/mol. The molecule has 33 heavy (non-hydrogen) atoms. The Hall–Kier alpha value is -1.97. The van der Waals surface area contributed by atoms with E-state index in [-0.39, 0.29) is 33.7 Å². The maximum atomic E-state index is 14.0. The van der Waals surface area contributed by atoms with Crippen LogP contribution in [0.1, 0.15) is 92.1 Å². The topological polar surface area (TPSA) is 56.3 Å². The van der Waals surface area contributed by atoms with Gasteiger partial charge in [0.15, 0.2) is 0 Å². The molecule has 5 rings (SSSR count). The Morgan fingerprint density at radius 2 is 1.82 bits per heavy atom. The minimum atomic E-state index is -0.446. The summed E-state index contributed by atoms with van der Waals surface area (Å²) in [5.74, 6) is 0.482. The van der Waals surface area contributed by atoms with Crippen molar-refractivity contribution in [3.05, 3.63) is 36.2 Å². The third-order valence-corrected chi connectivity index (χ3v) is 11.7. The molecule has 0 spiro atoms. The van der Waals surface area contributed by atoms with Crippen molar-refractivity contribution in [3.63, 3.8) is 0 Å². The van der Waals surface area contributed by atoms with Crippen molar-refractivity contribution in [2.45, 2.75) is 92.6 Å². The Labute approximate surface area is 198 Å². The van der Waals surface area contributed by atoms with Crippen LogP contribution in [0.3, 0.4) is 0 Å². The Balaban J connectivity index is 1.54. The lowest BCUT2D eigenvalue weighted by molar-refractivity contribution is -0.228. The summed E-state index contributed by atoms with van der Waals surface area (Å²) in [6.07, 6.45) is 12.5. The van der Waals surface area contributed by atoms with Gasteiger partial charge in [0.1, 0.15) is 11.9 Å². The summed E-state index contributed by atoms with van der Waals surface area (Å²) in [5.41, 5.74) is 2.26. The summed E-state index contributed by atoms with van der Waals surface area (Å²) in [4.78, 5) is 30.1. The van der Waals surface area contributed by atoms with Crippen molar-refractivity contribution in [2.75, 3.05) is 0 Å². The minimum absolute atomic E-state index is 0.0396. The smallest absolute Gasteiger partial charge is 0.302 e. The molecule has 7 atom stereocenters. The highest BCUT2D eigenvalue weighted by Crippen LogP contribution is 2.78. The van der Waals surface area contributed by atoms with Crippen LogP contribution in [-0.4, -0.2) is 22.8 Å². The van der Waals surface area contributed by atoms with E-state index in [4.69, 9.17) is 4.74 Å². The van der Waals surface area contributed by atoms with Crippen molar-refractivity contribution in [1.29, 1.82) is 0 Å². The quantitative estimate of drug-likeness (QED) is 0.490. The summed E-state index contributed by atoms with van der Waals surface area (Å²) in [7, 11) is 0.